The number of carbonyl (C=O) groups is 1. The lowest BCUT2D eigenvalue weighted by Gasteiger charge is -2.16. The minimum absolute atomic E-state index is 0.0601. The number of aromatic carboxylic acids is 1. The van der Waals surface area contributed by atoms with Crippen molar-refractivity contribution in [2.24, 2.45) is 0 Å². The van der Waals surface area contributed by atoms with Gasteiger partial charge in [0.2, 0.25) is 5.88 Å². The zero-order valence-electron chi connectivity index (χ0n) is 18.4. The highest BCUT2D eigenvalue weighted by Crippen LogP contribution is 2.43. The van der Waals surface area contributed by atoms with Gasteiger partial charge in [0.25, 0.3) is 0 Å². The molecule has 0 saturated heterocycles. The van der Waals surface area contributed by atoms with Crippen LogP contribution in [-0.4, -0.2) is 15.9 Å². The molecule has 0 N–H and O–H groups in total. The predicted molar refractivity (Wildman–Crippen MR) is 114 cm³/mol. The number of hydrogen-bond donors (Lipinski definition) is 0. The first-order chi connectivity index (χ1) is 16.9. The van der Waals surface area contributed by atoms with Gasteiger partial charge in [-0.2, -0.15) is 26.3 Å². The summed E-state index contributed by atoms with van der Waals surface area (Å²) in [5.74, 6) is -1.62. The minimum atomic E-state index is -4.68. The highest BCUT2D eigenvalue weighted by atomic mass is 19.4. The van der Waals surface area contributed by atoms with Gasteiger partial charge in [-0.05, 0) is 66.3 Å². The van der Waals surface area contributed by atoms with E-state index in [1.165, 1.54) is 24.3 Å². The molecule has 11 heteroatoms. The van der Waals surface area contributed by atoms with E-state index in [1.807, 2.05) is 0 Å². The van der Waals surface area contributed by atoms with Gasteiger partial charge in [0.1, 0.15) is 6.61 Å². The standard InChI is InChI=1S/C25H18F6N2O3/c26-24(27,28)15-9-7-14(8-10-15)13-36-22-19(11-16(12-32-22)25(29,30)31)17-3-1-4-18(17)20-5-2-6-21(33-20)23(34)35/h2,5-12H,1,3-4,13H2,(H,34,35)/p-1. The van der Waals surface area contributed by atoms with E-state index in [2.05, 4.69) is 9.97 Å². The molecule has 1 aliphatic rings. The molecule has 0 amide bonds. The molecule has 0 spiro atoms. The SMILES string of the molecule is O=C([O-])c1cccc(C2=C(c3cc(C(F)(F)F)cnc3OCc3ccc(C(F)(F)F)cc3)CCC2)n1. The fourth-order valence-corrected chi connectivity index (χ4v) is 3.92. The molecule has 4 rings (SSSR count). The van der Waals surface area contributed by atoms with Crippen molar-refractivity contribution in [2.45, 2.75) is 38.2 Å². The summed E-state index contributed by atoms with van der Waals surface area (Å²) in [7, 11) is 0. The van der Waals surface area contributed by atoms with Gasteiger partial charge in [0, 0.05) is 11.8 Å². The Hall–Kier alpha value is -3.89. The van der Waals surface area contributed by atoms with Crippen LogP contribution in [0.5, 0.6) is 5.88 Å². The molecule has 0 saturated carbocycles. The Morgan fingerprint density at radius 1 is 0.917 bits per heavy atom. The van der Waals surface area contributed by atoms with Crippen LogP contribution in [0, 0.1) is 0 Å². The molecule has 2 heterocycles. The van der Waals surface area contributed by atoms with Gasteiger partial charge in [-0.25, -0.2) is 9.97 Å². The second kappa shape index (κ2) is 9.63. The molecule has 1 aromatic carbocycles. The molecule has 36 heavy (non-hydrogen) atoms. The third kappa shape index (κ3) is 5.50. The first-order valence-electron chi connectivity index (χ1n) is 10.7. The molecular weight excluding hydrogens is 490 g/mol. The van der Waals surface area contributed by atoms with Crippen LogP contribution in [0.15, 0.2) is 54.7 Å². The Bertz CT molecular complexity index is 1310. The quantitative estimate of drug-likeness (QED) is 0.409. The van der Waals surface area contributed by atoms with Gasteiger partial charge in [-0.3, -0.25) is 0 Å². The number of benzene rings is 1. The first kappa shape index (κ1) is 25.2. The summed E-state index contributed by atoms with van der Waals surface area (Å²) in [5, 5.41) is 11.2. The number of carboxylic acid groups (broad SMARTS) is 1. The first-order valence-corrected chi connectivity index (χ1v) is 10.7. The molecule has 0 fully saturated rings. The van der Waals surface area contributed by atoms with Crippen LogP contribution in [0.4, 0.5) is 26.3 Å². The van der Waals surface area contributed by atoms with Crippen molar-refractivity contribution in [1.29, 1.82) is 0 Å². The molecule has 2 aromatic heterocycles. The number of nitrogens with zero attached hydrogens (tertiary/aromatic N) is 2. The highest BCUT2D eigenvalue weighted by molar-refractivity contribution is 5.94. The normalized spacial score (nSPS) is 14.3. The lowest BCUT2D eigenvalue weighted by molar-refractivity contribution is -0.255. The van der Waals surface area contributed by atoms with Crippen molar-refractivity contribution in [1.82, 2.24) is 9.97 Å². The number of allylic oxidation sites excluding steroid dienone is 2. The number of carboxylic acids is 1. The Morgan fingerprint density at radius 3 is 2.22 bits per heavy atom. The number of ether oxygens (including phenoxy) is 1. The maximum Gasteiger partial charge on any atom is 0.417 e. The Morgan fingerprint density at radius 2 is 1.58 bits per heavy atom. The molecule has 0 atom stereocenters. The van der Waals surface area contributed by atoms with Gasteiger partial charge >= 0.3 is 12.4 Å². The molecule has 5 nitrogen and oxygen atoms in total. The van der Waals surface area contributed by atoms with Crippen molar-refractivity contribution in [3.63, 3.8) is 0 Å². The van der Waals surface area contributed by atoms with Gasteiger partial charge < -0.3 is 14.6 Å². The Kier molecular flexibility index (Phi) is 6.75. The summed E-state index contributed by atoms with van der Waals surface area (Å²) in [5.41, 5.74) is -0.425. The summed E-state index contributed by atoms with van der Waals surface area (Å²) >= 11 is 0. The average Bonchev–Trinajstić information content (AvgIpc) is 3.31. The van der Waals surface area contributed by atoms with E-state index in [0.29, 0.717) is 42.2 Å². The van der Waals surface area contributed by atoms with Crippen LogP contribution in [0.2, 0.25) is 0 Å². The van der Waals surface area contributed by atoms with Crippen LogP contribution < -0.4 is 9.84 Å². The van der Waals surface area contributed by atoms with Crippen molar-refractivity contribution in [3.05, 3.63) is 88.4 Å². The minimum Gasteiger partial charge on any atom is -0.543 e. The Labute approximate surface area is 201 Å². The monoisotopic (exact) mass is 507 g/mol. The van der Waals surface area contributed by atoms with E-state index < -0.39 is 29.4 Å². The van der Waals surface area contributed by atoms with Crippen molar-refractivity contribution < 1.29 is 41.0 Å². The summed E-state index contributed by atoms with van der Waals surface area (Å²) in [6.07, 6.45) is -7.18. The Balaban J connectivity index is 1.72. The number of rotatable bonds is 6. The maximum atomic E-state index is 13.5. The molecule has 0 aliphatic heterocycles. The van der Waals surface area contributed by atoms with E-state index in [1.54, 1.807) is 6.07 Å². The van der Waals surface area contributed by atoms with Crippen LogP contribution in [0.3, 0.4) is 0 Å². The fourth-order valence-electron chi connectivity index (χ4n) is 3.92. The van der Waals surface area contributed by atoms with Crippen LogP contribution in [0.25, 0.3) is 11.1 Å². The summed E-state index contributed by atoms with van der Waals surface area (Å²) in [6.45, 7) is -0.232. The van der Waals surface area contributed by atoms with E-state index in [9.17, 15) is 36.2 Å². The molecular formula is C25H17F6N2O3-. The van der Waals surface area contributed by atoms with Crippen LogP contribution in [-0.2, 0) is 19.0 Å². The van der Waals surface area contributed by atoms with Crippen molar-refractivity contribution in [3.8, 4) is 5.88 Å². The topological polar surface area (TPSA) is 75.1 Å². The van der Waals surface area contributed by atoms with E-state index in [0.717, 1.165) is 18.2 Å². The lowest BCUT2D eigenvalue weighted by Crippen LogP contribution is -2.23. The summed E-state index contributed by atoms with van der Waals surface area (Å²) < 4.78 is 84.4. The van der Waals surface area contributed by atoms with Gasteiger partial charge in [0.05, 0.1) is 28.5 Å². The summed E-state index contributed by atoms with van der Waals surface area (Å²) in [4.78, 5) is 19.1. The zero-order valence-corrected chi connectivity index (χ0v) is 18.4. The fraction of sp³-hybridized carbons (Fsp3) is 0.240. The number of halogens is 6. The smallest absolute Gasteiger partial charge is 0.417 e. The number of hydrogen-bond acceptors (Lipinski definition) is 5. The van der Waals surface area contributed by atoms with Gasteiger partial charge in [0.15, 0.2) is 0 Å². The number of pyridine rings is 2. The molecule has 0 radical (unpaired) electrons. The third-order valence-corrected chi connectivity index (χ3v) is 5.65. The summed E-state index contributed by atoms with van der Waals surface area (Å²) in [6, 6.07) is 9.35. The second-order valence-electron chi connectivity index (χ2n) is 8.06. The van der Waals surface area contributed by atoms with Crippen molar-refractivity contribution in [2.75, 3.05) is 0 Å². The van der Waals surface area contributed by atoms with E-state index in [-0.39, 0.29) is 29.4 Å². The average molecular weight is 507 g/mol. The number of aromatic nitrogens is 2. The van der Waals surface area contributed by atoms with Crippen LogP contribution in [0.1, 0.15) is 57.7 Å². The molecule has 0 unspecified atom stereocenters. The highest BCUT2D eigenvalue weighted by Gasteiger charge is 2.33. The van der Waals surface area contributed by atoms with Gasteiger partial charge in [-0.1, -0.05) is 18.2 Å². The maximum absolute atomic E-state index is 13.5. The predicted octanol–water partition coefficient (Wildman–Crippen LogP) is 5.55. The molecule has 1 aliphatic carbocycles. The zero-order chi connectivity index (χ0) is 26.1. The largest absolute Gasteiger partial charge is 0.543 e. The van der Waals surface area contributed by atoms with E-state index >= 15 is 0 Å². The molecule has 188 valence electrons. The molecule has 3 aromatic rings. The van der Waals surface area contributed by atoms with Gasteiger partial charge in [-0.15, -0.1) is 0 Å². The van der Waals surface area contributed by atoms with Crippen molar-refractivity contribution >= 4 is 17.1 Å². The number of carbonyl (C=O) groups excluding carboxylic acids is 1. The molecule has 0 bridgehead atoms. The van der Waals surface area contributed by atoms with E-state index in [4.69, 9.17) is 4.74 Å². The third-order valence-electron chi connectivity index (χ3n) is 5.65. The second-order valence-corrected chi connectivity index (χ2v) is 8.06. The van der Waals surface area contributed by atoms with Crippen LogP contribution >= 0.6 is 0 Å². The number of alkyl halides is 6. The lowest BCUT2D eigenvalue weighted by atomic mass is 9.99.